The molecule has 0 aliphatic carbocycles. The standard InChI is InChI=1S/C24H23FN2O4/c1-4-15-10-6-9-13-18(15)27-23(29)22(28)21-20(16-11-7-8-12-17(16)25)19(14(3)26-21)24(30)31-5-2/h6-13,26H,4-5H2,1-3H3,(H,27,29). The Balaban J connectivity index is 2.09. The van der Waals surface area contributed by atoms with Crippen LogP contribution in [0.5, 0.6) is 0 Å². The van der Waals surface area contributed by atoms with Gasteiger partial charge in [-0.05, 0) is 38.0 Å². The van der Waals surface area contributed by atoms with Crippen LogP contribution in [0.1, 0.15) is 46.0 Å². The molecule has 1 heterocycles. The zero-order valence-corrected chi connectivity index (χ0v) is 17.5. The lowest BCUT2D eigenvalue weighted by atomic mass is 9.97. The predicted octanol–water partition coefficient (Wildman–Crippen LogP) is 4.69. The van der Waals surface area contributed by atoms with Gasteiger partial charge >= 0.3 is 5.97 Å². The van der Waals surface area contributed by atoms with E-state index in [0.717, 1.165) is 5.56 Å². The number of H-pyrrole nitrogens is 1. The van der Waals surface area contributed by atoms with E-state index < -0.39 is 23.5 Å². The second kappa shape index (κ2) is 9.38. The lowest BCUT2D eigenvalue weighted by molar-refractivity contribution is -0.112. The molecule has 0 fully saturated rings. The second-order valence-corrected chi connectivity index (χ2v) is 6.87. The number of para-hydroxylation sites is 1. The summed E-state index contributed by atoms with van der Waals surface area (Å²) in [4.78, 5) is 41.2. The molecule has 160 valence electrons. The number of benzene rings is 2. The topological polar surface area (TPSA) is 88.3 Å². The van der Waals surface area contributed by atoms with Crippen molar-refractivity contribution >= 4 is 23.3 Å². The Bertz CT molecular complexity index is 1150. The van der Waals surface area contributed by atoms with Crippen LogP contribution in [-0.4, -0.2) is 29.3 Å². The molecule has 2 N–H and O–H groups in total. The van der Waals surface area contributed by atoms with Gasteiger partial charge in [0.1, 0.15) is 11.5 Å². The first kappa shape index (κ1) is 22.0. The van der Waals surface area contributed by atoms with Crippen molar-refractivity contribution < 1.29 is 23.5 Å². The Morgan fingerprint density at radius 2 is 1.71 bits per heavy atom. The minimum absolute atomic E-state index is 0.0120. The molecule has 0 aliphatic heterocycles. The number of carbonyl (C=O) groups excluding carboxylic acids is 3. The zero-order chi connectivity index (χ0) is 22.5. The highest BCUT2D eigenvalue weighted by molar-refractivity contribution is 6.47. The van der Waals surface area contributed by atoms with Gasteiger partial charge in [-0.3, -0.25) is 9.59 Å². The molecule has 0 radical (unpaired) electrons. The van der Waals surface area contributed by atoms with Crippen molar-refractivity contribution in [2.75, 3.05) is 11.9 Å². The maximum atomic E-state index is 14.6. The summed E-state index contributed by atoms with van der Waals surface area (Å²) in [6, 6.07) is 12.9. The molecule has 0 saturated heterocycles. The summed E-state index contributed by atoms with van der Waals surface area (Å²) in [6.07, 6.45) is 0.666. The van der Waals surface area contributed by atoms with Gasteiger partial charge < -0.3 is 15.0 Å². The molecule has 1 amide bonds. The van der Waals surface area contributed by atoms with Crippen molar-refractivity contribution in [3.63, 3.8) is 0 Å². The minimum atomic E-state index is -0.914. The average Bonchev–Trinajstić information content (AvgIpc) is 3.10. The van der Waals surface area contributed by atoms with E-state index in [0.29, 0.717) is 17.8 Å². The van der Waals surface area contributed by atoms with Gasteiger partial charge in [-0.15, -0.1) is 0 Å². The summed E-state index contributed by atoms with van der Waals surface area (Å²) < 4.78 is 19.7. The van der Waals surface area contributed by atoms with Gasteiger partial charge in [-0.2, -0.15) is 0 Å². The van der Waals surface area contributed by atoms with Crippen molar-refractivity contribution in [2.45, 2.75) is 27.2 Å². The molecular weight excluding hydrogens is 399 g/mol. The van der Waals surface area contributed by atoms with Crippen LogP contribution in [-0.2, 0) is 16.0 Å². The van der Waals surface area contributed by atoms with Crippen LogP contribution in [0.4, 0.5) is 10.1 Å². The summed E-state index contributed by atoms with van der Waals surface area (Å²) in [5.74, 6) is -3.14. The number of aromatic nitrogens is 1. The fourth-order valence-corrected chi connectivity index (χ4v) is 3.43. The smallest absolute Gasteiger partial charge is 0.340 e. The summed E-state index contributed by atoms with van der Waals surface area (Å²) >= 11 is 0. The highest BCUT2D eigenvalue weighted by Crippen LogP contribution is 2.33. The van der Waals surface area contributed by atoms with Gasteiger partial charge in [-0.1, -0.05) is 43.3 Å². The quantitative estimate of drug-likeness (QED) is 0.328. The molecular formula is C24H23FN2O4. The van der Waals surface area contributed by atoms with Crippen LogP contribution in [0.15, 0.2) is 48.5 Å². The Morgan fingerprint density at radius 1 is 1.03 bits per heavy atom. The summed E-state index contributed by atoms with van der Waals surface area (Å²) in [5.41, 5.74) is 1.59. The first-order chi connectivity index (χ1) is 14.9. The molecule has 1 aromatic heterocycles. The number of hydrogen-bond acceptors (Lipinski definition) is 4. The Kier molecular flexibility index (Phi) is 6.65. The largest absolute Gasteiger partial charge is 0.462 e. The number of ketones is 1. The molecule has 3 rings (SSSR count). The molecule has 0 unspecified atom stereocenters. The molecule has 0 atom stereocenters. The number of aryl methyl sites for hydroxylation is 2. The number of aromatic amines is 1. The van der Waals surface area contributed by atoms with Gasteiger partial charge in [0.05, 0.1) is 12.2 Å². The summed E-state index contributed by atoms with van der Waals surface area (Å²) in [5, 5.41) is 2.62. The Hall–Kier alpha value is -3.74. The number of nitrogens with one attached hydrogen (secondary N) is 2. The number of hydrogen-bond donors (Lipinski definition) is 2. The first-order valence-corrected chi connectivity index (χ1v) is 9.97. The van der Waals surface area contributed by atoms with E-state index in [2.05, 4.69) is 10.3 Å². The molecule has 2 aromatic carbocycles. The summed E-state index contributed by atoms with van der Waals surface area (Å²) in [6.45, 7) is 5.26. The van der Waals surface area contributed by atoms with Gasteiger partial charge in [0.15, 0.2) is 0 Å². The molecule has 0 aliphatic rings. The van der Waals surface area contributed by atoms with Crippen LogP contribution in [0.2, 0.25) is 0 Å². The molecule has 6 nitrogen and oxygen atoms in total. The van der Waals surface area contributed by atoms with Crippen molar-refractivity contribution in [1.82, 2.24) is 4.98 Å². The molecule has 31 heavy (non-hydrogen) atoms. The third-order valence-corrected chi connectivity index (χ3v) is 4.89. The monoisotopic (exact) mass is 422 g/mol. The van der Waals surface area contributed by atoms with Crippen LogP contribution < -0.4 is 5.32 Å². The normalized spacial score (nSPS) is 10.6. The van der Waals surface area contributed by atoms with Gasteiger partial charge in [0.25, 0.3) is 11.7 Å². The predicted molar refractivity (Wildman–Crippen MR) is 116 cm³/mol. The van der Waals surface area contributed by atoms with Gasteiger partial charge in [0, 0.05) is 22.5 Å². The highest BCUT2D eigenvalue weighted by atomic mass is 19.1. The summed E-state index contributed by atoms with van der Waals surface area (Å²) in [7, 11) is 0. The number of esters is 1. The van der Waals surface area contributed by atoms with E-state index in [9.17, 15) is 18.8 Å². The van der Waals surface area contributed by atoms with Crippen molar-refractivity contribution in [2.24, 2.45) is 0 Å². The van der Waals surface area contributed by atoms with E-state index in [-0.39, 0.29) is 29.0 Å². The average molecular weight is 422 g/mol. The zero-order valence-electron chi connectivity index (χ0n) is 17.5. The van der Waals surface area contributed by atoms with Crippen LogP contribution >= 0.6 is 0 Å². The van der Waals surface area contributed by atoms with Gasteiger partial charge in [0.2, 0.25) is 0 Å². The second-order valence-electron chi connectivity index (χ2n) is 6.87. The van der Waals surface area contributed by atoms with Gasteiger partial charge in [-0.25, -0.2) is 9.18 Å². The first-order valence-electron chi connectivity index (χ1n) is 9.97. The number of anilines is 1. The molecule has 3 aromatic rings. The molecule has 0 saturated carbocycles. The van der Waals surface area contributed by atoms with Crippen molar-refractivity contribution in [1.29, 1.82) is 0 Å². The van der Waals surface area contributed by atoms with E-state index >= 15 is 0 Å². The van der Waals surface area contributed by atoms with Crippen LogP contribution in [0.3, 0.4) is 0 Å². The third kappa shape index (κ3) is 4.40. The SMILES string of the molecule is CCOC(=O)c1c(C)[nH]c(C(=O)C(=O)Nc2ccccc2CC)c1-c1ccccc1F. The number of halogens is 1. The molecule has 0 bridgehead atoms. The van der Waals surface area contributed by atoms with E-state index in [1.165, 1.54) is 18.2 Å². The van der Waals surface area contributed by atoms with Crippen LogP contribution in [0, 0.1) is 12.7 Å². The van der Waals surface area contributed by atoms with Crippen molar-refractivity contribution in [3.8, 4) is 11.1 Å². The lowest BCUT2D eigenvalue weighted by Crippen LogP contribution is -2.24. The molecule has 0 spiro atoms. The van der Waals surface area contributed by atoms with E-state index in [1.807, 2.05) is 19.1 Å². The lowest BCUT2D eigenvalue weighted by Gasteiger charge is -2.10. The third-order valence-electron chi connectivity index (χ3n) is 4.89. The Morgan fingerprint density at radius 3 is 2.39 bits per heavy atom. The number of ether oxygens (including phenoxy) is 1. The number of carbonyl (C=O) groups is 3. The number of amides is 1. The number of Topliss-reactive ketones (excluding diaryl/α,β-unsaturated/α-hetero) is 1. The maximum Gasteiger partial charge on any atom is 0.340 e. The van der Waals surface area contributed by atoms with E-state index in [4.69, 9.17) is 4.74 Å². The van der Waals surface area contributed by atoms with E-state index in [1.54, 1.807) is 32.0 Å². The molecule has 7 heteroatoms. The fourth-order valence-electron chi connectivity index (χ4n) is 3.43. The van der Waals surface area contributed by atoms with Crippen molar-refractivity contribution in [3.05, 3.63) is 76.9 Å². The highest BCUT2D eigenvalue weighted by Gasteiger charge is 2.31. The number of rotatable bonds is 7. The Labute approximate surface area is 179 Å². The van der Waals surface area contributed by atoms with Crippen LogP contribution in [0.25, 0.3) is 11.1 Å². The minimum Gasteiger partial charge on any atom is -0.462 e. The fraction of sp³-hybridized carbons (Fsp3) is 0.208. The maximum absolute atomic E-state index is 14.6.